The Hall–Kier alpha value is -0.820. The maximum atomic E-state index is 2.62. The number of hydrogen-bond donors (Lipinski definition) is 0. The topological polar surface area (TPSA) is 3.24 Å². The highest BCUT2D eigenvalue weighted by molar-refractivity contribution is 5.25. The van der Waals surface area contributed by atoms with Crippen LogP contribution >= 0.6 is 0 Å². The number of unbranched alkanes of at least 4 members (excludes halogenated alkanes) is 1. The van der Waals surface area contributed by atoms with Crippen molar-refractivity contribution in [2.45, 2.75) is 39.0 Å². The summed E-state index contributed by atoms with van der Waals surface area (Å²) in [6.45, 7) is 8.28. The van der Waals surface area contributed by atoms with E-state index in [1.807, 2.05) is 0 Å². The van der Waals surface area contributed by atoms with Gasteiger partial charge in [0.2, 0.25) is 0 Å². The van der Waals surface area contributed by atoms with Gasteiger partial charge in [-0.05, 0) is 44.3 Å². The van der Waals surface area contributed by atoms with Crippen LogP contribution in [0.1, 0.15) is 43.2 Å². The summed E-state index contributed by atoms with van der Waals surface area (Å²) in [4.78, 5) is 2.62. The summed E-state index contributed by atoms with van der Waals surface area (Å²) < 4.78 is 0. The van der Waals surface area contributed by atoms with Crippen molar-refractivity contribution in [3.63, 3.8) is 0 Å². The second kappa shape index (κ2) is 5.49. The molecule has 1 nitrogen and oxygen atoms in total. The van der Waals surface area contributed by atoms with Crippen LogP contribution in [0, 0.1) is 6.92 Å². The number of rotatable bonds is 4. The van der Waals surface area contributed by atoms with E-state index in [-0.39, 0.29) is 0 Å². The quantitative estimate of drug-likeness (QED) is 0.745. The molecule has 88 valence electrons. The molecule has 0 saturated carbocycles. The van der Waals surface area contributed by atoms with E-state index in [9.17, 15) is 0 Å². The first-order valence-corrected chi connectivity index (χ1v) is 6.58. The van der Waals surface area contributed by atoms with Gasteiger partial charge in [-0.25, -0.2) is 0 Å². The minimum absolute atomic E-state index is 0.775. The fourth-order valence-corrected chi connectivity index (χ4v) is 2.53. The molecule has 16 heavy (non-hydrogen) atoms. The van der Waals surface area contributed by atoms with E-state index < -0.39 is 0 Å². The Morgan fingerprint density at radius 1 is 1.25 bits per heavy atom. The predicted octanol–water partition coefficient (Wildman–Crippen LogP) is 3.58. The molecule has 0 aromatic heterocycles. The lowest BCUT2D eigenvalue weighted by atomic mass is 9.98. The van der Waals surface area contributed by atoms with Crippen LogP contribution in [0.5, 0.6) is 0 Å². The van der Waals surface area contributed by atoms with Gasteiger partial charge in [-0.15, -0.1) is 0 Å². The van der Waals surface area contributed by atoms with Crippen LogP contribution in [0.2, 0.25) is 0 Å². The van der Waals surface area contributed by atoms with Gasteiger partial charge in [0.15, 0.2) is 0 Å². The van der Waals surface area contributed by atoms with E-state index in [4.69, 9.17) is 0 Å². The van der Waals surface area contributed by atoms with Gasteiger partial charge < -0.3 is 4.90 Å². The van der Waals surface area contributed by atoms with E-state index in [2.05, 4.69) is 43.0 Å². The molecule has 0 N–H and O–H groups in total. The fourth-order valence-electron chi connectivity index (χ4n) is 2.53. The summed E-state index contributed by atoms with van der Waals surface area (Å²) in [7, 11) is 0. The van der Waals surface area contributed by atoms with Gasteiger partial charge >= 0.3 is 0 Å². The van der Waals surface area contributed by atoms with Crippen LogP contribution in [-0.2, 0) is 0 Å². The van der Waals surface area contributed by atoms with Gasteiger partial charge in [0.05, 0.1) is 0 Å². The van der Waals surface area contributed by atoms with E-state index in [1.54, 1.807) is 0 Å². The molecule has 0 spiro atoms. The minimum atomic E-state index is 0.775. The van der Waals surface area contributed by atoms with Gasteiger partial charge in [-0.3, -0.25) is 0 Å². The normalized spacial score (nSPS) is 21.5. The maximum Gasteiger partial charge on any atom is 0.00507 e. The van der Waals surface area contributed by atoms with Crippen LogP contribution in [0.3, 0.4) is 0 Å². The molecule has 1 unspecified atom stereocenters. The lowest BCUT2D eigenvalue weighted by molar-refractivity contribution is 0.328. The third kappa shape index (κ3) is 2.85. The van der Waals surface area contributed by atoms with Gasteiger partial charge in [0.25, 0.3) is 0 Å². The molecule has 1 atom stereocenters. The average molecular weight is 217 g/mol. The van der Waals surface area contributed by atoms with Gasteiger partial charge in [-0.1, -0.05) is 43.2 Å². The first-order valence-electron chi connectivity index (χ1n) is 6.58. The lowest BCUT2D eigenvalue weighted by Gasteiger charge is -2.15. The van der Waals surface area contributed by atoms with Crippen LogP contribution in [0.25, 0.3) is 0 Å². The molecule has 1 saturated heterocycles. The Bertz CT molecular complexity index is 315. The van der Waals surface area contributed by atoms with Crippen molar-refractivity contribution in [1.82, 2.24) is 4.90 Å². The number of hydrogen-bond acceptors (Lipinski definition) is 1. The standard InChI is InChI=1S/C15H23N/c1-3-4-10-16-11-9-15(12-16)14-7-5-13(2)6-8-14/h5-8,15H,3-4,9-12H2,1-2H3. The first kappa shape index (κ1) is 11.7. The predicted molar refractivity (Wildman–Crippen MR) is 69.9 cm³/mol. The largest absolute Gasteiger partial charge is 0.303 e. The molecule has 1 aliphatic heterocycles. The smallest absolute Gasteiger partial charge is 0.00507 e. The fraction of sp³-hybridized carbons (Fsp3) is 0.600. The summed E-state index contributed by atoms with van der Waals surface area (Å²) in [5, 5.41) is 0. The highest BCUT2D eigenvalue weighted by atomic mass is 15.1. The van der Waals surface area contributed by atoms with Gasteiger partial charge in [0, 0.05) is 6.54 Å². The first-order chi connectivity index (χ1) is 7.79. The highest BCUT2D eigenvalue weighted by Crippen LogP contribution is 2.27. The van der Waals surface area contributed by atoms with Crippen LogP contribution in [-0.4, -0.2) is 24.5 Å². The number of aryl methyl sites for hydroxylation is 1. The highest BCUT2D eigenvalue weighted by Gasteiger charge is 2.22. The van der Waals surface area contributed by atoms with E-state index in [0.717, 1.165) is 5.92 Å². The molecule has 1 heteroatoms. The molecule has 1 fully saturated rings. The van der Waals surface area contributed by atoms with Crippen molar-refractivity contribution in [3.05, 3.63) is 35.4 Å². The molecule has 0 bridgehead atoms. The molecular weight excluding hydrogens is 194 g/mol. The van der Waals surface area contributed by atoms with Gasteiger partial charge in [-0.2, -0.15) is 0 Å². The number of likely N-dealkylation sites (tertiary alicyclic amines) is 1. The molecule has 1 aromatic rings. The Kier molecular flexibility index (Phi) is 4.00. The zero-order valence-electron chi connectivity index (χ0n) is 10.6. The van der Waals surface area contributed by atoms with E-state index >= 15 is 0 Å². The number of benzene rings is 1. The summed E-state index contributed by atoms with van der Waals surface area (Å²) >= 11 is 0. The van der Waals surface area contributed by atoms with E-state index in [1.165, 1.54) is 50.0 Å². The van der Waals surface area contributed by atoms with Crippen molar-refractivity contribution in [2.75, 3.05) is 19.6 Å². The second-order valence-corrected chi connectivity index (χ2v) is 5.05. The third-order valence-corrected chi connectivity index (χ3v) is 3.65. The van der Waals surface area contributed by atoms with Crippen LogP contribution in [0.15, 0.2) is 24.3 Å². The van der Waals surface area contributed by atoms with Crippen molar-refractivity contribution < 1.29 is 0 Å². The molecule has 0 aliphatic carbocycles. The summed E-state index contributed by atoms with van der Waals surface area (Å²) in [5.41, 5.74) is 2.90. The summed E-state index contributed by atoms with van der Waals surface area (Å²) in [6.07, 6.45) is 4.00. The Balaban J connectivity index is 1.90. The minimum Gasteiger partial charge on any atom is -0.303 e. The second-order valence-electron chi connectivity index (χ2n) is 5.05. The molecular formula is C15H23N. The third-order valence-electron chi connectivity index (χ3n) is 3.65. The Labute approximate surface area is 99.5 Å². The van der Waals surface area contributed by atoms with Crippen LogP contribution in [0.4, 0.5) is 0 Å². The Morgan fingerprint density at radius 2 is 2.00 bits per heavy atom. The zero-order chi connectivity index (χ0) is 11.4. The molecule has 1 heterocycles. The molecule has 0 amide bonds. The lowest BCUT2D eigenvalue weighted by Crippen LogP contribution is -2.21. The van der Waals surface area contributed by atoms with E-state index in [0.29, 0.717) is 0 Å². The van der Waals surface area contributed by atoms with Crippen molar-refractivity contribution in [3.8, 4) is 0 Å². The average Bonchev–Trinajstić information content (AvgIpc) is 2.76. The molecule has 2 rings (SSSR count). The van der Waals surface area contributed by atoms with Crippen molar-refractivity contribution >= 4 is 0 Å². The summed E-state index contributed by atoms with van der Waals surface area (Å²) in [5.74, 6) is 0.775. The molecule has 1 aliphatic rings. The Morgan fingerprint density at radius 3 is 2.69 bits per heavy atom. The monoisotopic (exact) mass is 217 g/mol. The van der Waals surface area contributed by atoms with Crippen molar-refractivity contribution in [1.29, 1.82) is 0 Å². The van der Waals surface area contributed by atoms with Crippen molar-refractivity contribution in [2.24, 2.45) is 0 Å². The zero-order valence-corrected chi connectivity index (χ0v) is 10.6. The summed E-state index contributed by atoms with van der Waals surface area (Å²) in [6, 6.07) is 9.10. The maximum absolute atomic E-state index is 2.62. The molecule has 0 radical (unpaired) electrons. The SMILES string of the molecule is CCCCN1CCC(c2ccc(C)cc2)C1. The molecule has 1 aromatic carbocycles. The van der Waals surface area contributed by atoms with Crippen LogP contribution < -0.4 is 0 Å². The van der Waals surface area contributed by atoms with Gasteiger partial charge in [0.1, 0.15) is 0 Å². The number of nitrogens with zero attached hydrogens (tertiary/aromatic N) is 1.